The summed E-state index contributed by atoms with van der Waals surface area (Å²) in [6, 6.07) is 7.80. The number of likely N-dealkylation sites (tertiary alicyclic amines) is 1. The third-order valence-corrected chi connectivity index (χ3v) is 8.60. The summed E-state index contributed by atoms with van der Waals surface area (Å²) >= 11 is 0. The number of aliphatic hydroxyl groups is 1. The number of amides is 3. The number of carbonyl (C=O) groups excluding carboxylic acids is 3. The molecule has 4 rings (SSSR count). The molecule has 1 N–H and O–H groups in total. The largest absolute Gasteiger partial charge is 0.394 e. The molecule has 8 heteroatoms. The Morgan fingerprint density at radius 3 is 2.33 bits per heavy atom. The number of hydrogen-bond donors (Lipinski definition) is 1. The molecule has 0 aliphatic carbocycles. The van der Waals surface area contributed by atoms with E-state index < -0.39 is 41.2 Å². The van der Waals surface area contributed by atoms with Crippen molar-refractivity contribution in [3.63, 3.8) is 0 Å². The molecule has 3 saturated heterocycles. The van der Waals surface area contributed by atoms with Crippen molar-refractivity contribution < 1.29 is 24.2 Å². The number of ether oxygens (including phenoxy) is 1. The van der Waals surface area contributed by atoms with Crippen molar-refractivity contribution in [3.8, 4) is 0 Å². The first-order chi connectivity index (χ1) is 18.4. The lowest BCUT2D eigenvalue weighted by Crippen LogP contribution is -2.62. The second-order valence-electron chi connectivity index (χ2n) is 12.3. The number of anilines is 1. The van der Waals surface area contributed by atoms with Crippen LogP contribution >= 0.6 is 0 Å². The van der Waals surface area contributed by atoms with Crippen molar-refractivity contribution in [2.24, 2.45) is 17.8 Å². The normalized spacial score (nSPS) is 28.4. The number of fused-ring (bicyclic) bond motifs is 1. The van der Waals surface area contributed by atoms with Crippen molar-refractivity contribution in [1.82, 2.24) is 9.80 Å². The molecule has 1 aromatic rings. The van der Waals surface area contributed by atoms with Crippen LogP contribution in [0.4, 0.5) is 5.69 Å². The molecule has 3 amide bonds. The number of benzene rings is 1. The molecule has 3 aliphatic rings. The highest BCUT2D eigenvalue weighted by Gasteiger charge is 2.75. The number of rotatable bonds is 10. The zero-order valence-corrected chi connectivity index (χ0v) is 23.9. The van der Waals surface area contributed by atoms with Crippen LogP contribution < -0.4 is 4.90 Å². The van der Waals surface area contributed by atoms with E-state index in [0.717, 1.165) is 5.69 Å². The molecule has 0 radical (unpaired) electrons. The van der Waals surface area contributed by atoms with E-state index in [-0.39, 0.29) is 36.8 Å². The van der Waals surface area contributed by atoms with Crippen LogP contribution in [0.2, 0.25) is 0 Å². The monoisotopic (exact) mass is 537 g/mol. The highest BCUT2D eigenvalue weighted by molar-refractivity contribution is 6.03. The fourth-order valence-electron chi connectivity index (χ4n) is 6.84. The van der Waals surface area contributed by atoms with Crippen molar-refractivity contribution in [3.05, 3.63) is 55.6 Å². The van der Waals surface area contributed by atoms with Crippen LogP contribution in [-0.4, -0.2) is 81.7 Å². The smallest absolute Gasteiger partial charge is 0.249 e. The lowest BCUT2D eigenvalue weighted by Gasteiger charge is -2.44. The van der Waals surface area contributed by atoms with Gasteiger partial charge in [0.15, 0.2) is 0 Å². The van der Waals surface area contributed by atoms with Crippen molar-refractivity contribution in [1.29, 1.82) is 0 Å². The molecule has 212 valence electrons. The van der Waals surface area contributed by atoms with Gasteiger partial charge in [0.05, 0.1) is 30.6 Å². The summed E-state index contributed by atoms with van der Waals surface area (Å²) in [7, 11) is 0. The summed E-state index contributed by atoms with van der Waals surface area (Å²) in [5, 5.41) is 10.4. The van der Waals surface area contributed by atoms with Gasteiger partial charge in [0.2, 0.25) is 17.7 Å². The first-order valence-corrected chi connectivity index (χ1v) is 13.9. The fraction of sp³-hybridized carbons (Fsp3) is 0.581. The predicted molar refractivity (Wildman–Crippen MR) is 151 cm³/mol. The van der Waals surface area contributed by atoms with Crippen LogP contribution in [0.25, 0.3) is 0 Å². The van der Waals surface area contributed by atoms with Crippen LogP contribution in [0.1, 0.15) is 47.5 Å². The molecular weight excluding hydrogens is 494 g/mol. The fourth-order valence-corrected chi connectivity index (χ4v) is 6.84. The Hall–Kier alpha value is -2.97. The highest BCUT2D eigenvalue weighted by atomic mass is 16.5. The van der Waals surface area contributed by atoms with Crippen LogP contribution in [0.5, 0.6) is 0 Å². The van der Waals surface area contributed by atoms with E-state index in [4.69, 9.17) is 4.74 Å². The van der Waals surface area contributed by atoms with Gasteiger partial charge in [0.25, 0.3) is 0 Å². The Kier molecular flexibility index (Phi) is 8.11. The molecule has 3 heterocycles. The molecular formula is C31H43N3O5. The van der Waals surface area contributed by atoms with Gasteiger partial charge in [-0.05, 0) is 51.7 Å². The van der Waals surface area contributed by atoms with E-state index in [1.807, 2.05) is 65.0 Å². The Bertz CT molecular complexity index is 1110. The van der Waals surface area contributed by atoms with Gasteiger partial charge < -0.3 is 24.5 Å². The van der Waals surface area contributed by atoms with Gasteiger partial charge in [-0.1, -0.05) is 44.2 Å². The van der Waals surface area contributed by atoms with Crippen LogP contribution in [0, 0.1) is 17.8 Å². The predicted octanol–water partition coefficient (Wildman–Crippen LogP) is 3.41. The van der Waals surface area contributed by atoms with Crippen molar-refractivity contribution in [2.75, 3.05) is 24.6 Å². The van der Waals surface area contributed by atoms with Crippen LogP contribution in [-0.2, 0) is 19.1 Å². The zero-order valence-electron chi connectivity index (χ0n) is 23.9. The van der Waals surface area contributed by atoms with Crippen LogP contribution in [0.15, 0.2) is 55.6 Å². The molecule has 2 bridgehead atoms. The van der Waals surface area contributed by atoms with E-state index in [0.29, 0.717) is 19.4 Å². The molecule has 0 aromatic heterocycles. The summed E-state index contributed by atoms with van der Waals surface area (Å²) in [5.74, 6) is -2.39. The average molecular weight is 538 g/mol. The lowest BCUT2D eigenvalue weighted by atomic mass is 9.70. The summed E-state index contributed by atoms with van der Waals surface area (Å²) < 4.78 is 6.64. The SMILES string of the molecule is C=CCN(C(=O)[C@@H]1[C@H]2C(=O)N([C@@H](CO)C(C)C)C(C(=O)N(CC=C)C(C)(C)C)C23CC[C@H]1O3)c1ccccc1. The Morgan fingerprint density at radius 1 is 1.15 bits per heavy atom. The van der Waals surface area contributed by atoms with Gasteiger partial charge in [-0.2, -0.15) is 0 Å². The van der Waals surface area contributed by atoms with Gasteiger partial charge in [0, 0.05) is 24.3 Å². The topological polar surface area (TPSA) is 90.4 Å². The Labute approximate surface area is 232 Å². The number of nitrogens with zero attached hydrogens (tertiary/aromatic N) is 3. The van der Waals surface area contributed by atoms with Crippen molar-refractivity contribution in [2.45, 2.75) is 76.8 Å². The zero-order chi connectivity index (χ0) is 28.7. The standard InChI is InChI=1S/C31H43N3O5/c1-8-17-32(21-13-11-10-12-14-21)27(36)24-23-15-16-31(39-23)25(24)28(37)34(22(19-35)20(3)4)26(31)29(38)33(18-9-2)30(5,6)7/h8-14,20,22-26,35H,1-2,15-19H2,3-7H3/t22-,23+,24-,25-,26?,31?/m0/s1. The molecule has 3 fully saturated rings. The van der Waals surface area contributed by atoms with E-state index in [1.165, 1.54) is 0 Å². The molecule has 6 atom stereocenters. The average Bonchev–Trinajstić information content (AvgIpc) is 3.53. The molecule has 3 aliphatic heterocycles. The first-order valence-electron chi connectivity index (χ1n) is 13.9. The van der Waals surface area contributed by atoms with Gasteiger partial charge in [0.1, 0.15) is 11.6 Å². The minimum absolute atomic E-state index is 0.111. The second kappa shape index (κ2) is 10.9. The van der Waals surface area contributed by atoms with Gasteiger partial charge in [-0.15, -0.1) is 13.2 Å². The van der Waals surface area contributed by atoms with Crippen molar-refractivity contribution >= 4 is 23.4 Å². The van der Waals surface area contributed by atoms with E-state index in [1.54, 1.807) is 26.9 Å². The number of para-hydroxylation sites is 1. The van der Waals surface area contributed by atoms with Gasteiger partial charge in [-0.25, -0.2) is 0 Å². The van der Waals surface area contributed by atoms with Gasteiger partial charge in [-0.3, -0.25) is 14.4 Å². The third-order valence-electron chi connectivity index (χ3n) is 8.60. The quantitative estimate of drug-likeness (QED) is 0.462. The number of hydrogen-bond acceptors (Lipinski definition) is 5. The van der Waals surface area contributed by atoms with Gasteiger partial charge >= 0.3 is 0 Å². The third kappa shape index (κ3) is 4.72. The minimum Gasteiger partial charge on any atom is -0.394 e. The van der Waals surface area contributed by atoms with E-state index in [9.17, 15) is 19.5 Å². The second-order valence-corrected chi connectivity index (χ2v) is 12.3. The lowest BCUT2D eigenvalue weighted by molar-refractivity contribution is -0.155. The molecule has 2 unspecified atom stereocenters. The minimum atomic E-state index is -1.14. The summed E-state index contributed by atoms with van der Waals surface area (Å²) in [6.45, 7) is 17.7. The van der Waals surface area contributed by atoms with E-state index >= 15 is 0 Å². The Balaban J connectivity index is 1.82. The van der Waals surface area contributed by atoms with Crippen LogP contribution in [0.3, 0.4) is 0 Å². The first kappa shape index (κ1) is 29.0. The maximum atomic E-state index is 14.5. The highest BCUT2D eigenvalue weighted by Crippen LogP contribution is 2.59. The maximum absolute atomic E-state index is 14.5. The summed E-state index contributed by atoms with van der Waals surface area (Å²) in [6.07, 6.45) is 3.96. The Morgan fingerprint density at radius 2 is 1.79 bits per heavy atom. The molecule has 1 aromatic carbocycles. The van der Waals surface area contributed by atoms with E-state index in [2.05, 4.69) is 13.2 Å². The molecule has 8 nitrogen and oxygen atoms in total. The number of carbonyl (C=O) groups is 3. The summed E-state index contributed by atoms with van der Waals surface area (Å²) in [4.78, 5) is 48.0. The molecule has 1 spiro atoms. The maximum Gasteiger partial charge on any atom is 0.249 e. The molecule has 0 saturated carbocycles. The molecule has 39 heavy (non-hydrogen) atoms. The number of aliphatic hydroxyl groups excluding tert-OH is 1. The summed E-state index contributed by atoms with van der Waals surface area (Å²) in [5.41, 5.74) is -0.960.